The fourth-order valence-corrected chi connectivity index (χ4v) is 1.42. The third-order valence-corrected chi connectivity index (χ3v) is 2.46. The maximum atomic E-state index is 11.4. The summed E-state index contributed by atoms with van der Waals surface area (Å²) in [6, 6.07) is 0. The molecule has 0 aromatic carbocycles. The largest absolute Gasteiger partial charge is 0.388 e. The van der Waals surface area contributed by atoms with Crippen LogP contribution >= 0.6 is 0 Å². The summed E-state index contributed by atoms with van der Waals surface area (Å²) in [6.07, 6.45) is 7.06. The molecule has 4 nitrogen and oxygen atoms in total. The molecular formula is C13H27N3O. The maximum Gasteiger partial charge on any atom is 0.245 e. The molecule has 0 aliphatic rings. The number of rotatable bonds is 10. The average molecular weight is 241 g/mol. The maximum absolute atomic E-state index is 11.4. The average Bonchev–Trinajstić information content (AvgIpc) is 2.29. The fourth-order valence-electron chi connectivity index (χ4n) is 1.42. The van der Waals surface area contributed by atoms with Crippen molar-refractivity contribution in [2.24, 2.45) is 5.73 Å². The lowest BCUT2D eigenvalue weighted by molar-refractivity contribution is -0.116. The van der Waals surface area contributed by atoms with Gasteiger partial charge in [0.15, 0.2) is 0 Å². The molecule has 1 amide bonds. The molecule has 0 aliphatic carbocycles. The molecule has 0 aromatic heterocycles. The second-order valence-corrected chi connectivity index (χ2v) is 4.25. The molecule has 0 bridgehead atoms. The van der Waals surface area contributed by atoms with Crippen LogP contribution in [0.5, 0.6) is 0 Å². The normalized spacial score (nSPS) is 11.4. The number of carbonyl (C=O) groups excluding carboxylic acids is 1. The summed E-state index contributed by atoms with van der Waals surface area (Å²) in [5.74, 6) is -0.00888. The first-order valence-electron chi connectivity index (χ1n) is 6.60. The zero-order valence-corrected chi connectivity index (χ0v) is 11.2. The second kappa shape index (κ2) is 11.5. The minimum absolute atomic E-state index is 0.00888. The van der Waals surface area contributed by atoms with Gasteiger partial charge in [0.2, 0.25) is 5.91 Å². The van der Waals surface area contributed by atoms with Crippen molar-refractivity contribution >= 4 is 5.91 Å². The van der Waals surface area contributed by atoms with Crippen LogP contribution in [0.1, 0.15) is 46.0 Å². The van der Waals surface area contributed by atoms with Crippen LogP contribution in [0.4, 0.5) is 0 Å². The van der Waals surface area contributed by atoms with Gasteiger partial charge >= 0.3 is 0 Å². The third-order valence-electron chi connectivity index (χ3n) is 2.46. The van der Waals surface area contributed by atoms with Crippen LogP contribution in [0.2, 0.25) is 0 Å². The molecule has 0 saturated carbocycles. The van der Waals surface area contributed by atoms with Gasteiger partial charge in [0.25, 0.3) is 0 Å². The minimum atomic E-state index is -0.00888. The highest BCUT2D eigenvalue weighted by Crippen LogP contribution is 1.94. The number of amides is 1. The standard InChI is InChI=1S/C13H27N3O/c1-3-4-9-16-13(17)11-12(2)15-10-7-5-6-8-14/h11,15H,3-10,14H2,1-2H3,(H,16,17)/b12-11-. The fraction of sp³-hybridized carbons (Fsp3) is 0.769. The smallest absolute Gasteiger partial charge is 0.245 e. The summed E-state index contributed by atoms with van der Waals surface area (Å²) in [4.78, 5) is 11.4. The number of nitrogens with one attached hydrogen (secondary N) is 2. The summed E-state index contributed by atoms with van der Waals surface area (Å²) in [6.45, 7) is 6.45. The SMILES string of the molecule is CCCCNC(=O)/C=C(/C)NCCCCCN. The molecule has 0 saturated heterocycles. The topological polar surface area (TPSA) is 67.2 Å². The van der Waals surface area contributed by atoms with E-state index < -0.39 is 0 Å². The van der Waals surface area contributed by atoms with Crippen molar-refractivity contribution in [2.75, 3.05) is 19.6 Å². The quantitative estimate of drug-likeness (QED) is 0.401. The zero-order valence-electron chi connectivity index (χ0n) is 11.2. The Bertz CT molecular complexity index is 227. The van der Waals surface area contributed by atoms with Gasteiger partial charge in [-0.05, 0) is 32.7 Å². The van der Waals surface area contributed by atoms with Crippen molar-refractivity contribution in [3.05, 3.63) is 11.8 Å². The zero-order chi connectivity index (χ0) is 12.9. The lowest BCUT2D eigenvalue weighted by Crippen LogP contribution is -2.24. The Kier molecular flexibility index (Phi) is 10.8. The van der Waals surface area contributed by atoms with Gasteiger partial charge in [-0.2, -0.15) is 0 Å². The van der Waals surface area contributed by atoms with Gasteiger partial charge in [-0.25, -0.2) is 0 Å². The molecule has 0 rings (SSSR count). The molecule has 0 atom stereocenters. The summed E-state index contributed by atoms with van der Waals surface area (Å²) in [5, 5.41) is 6.08. The Balaban J connectivity index is 3.58. The Morgan fingerprint density at radius 3 is 2.47 bits per heavy atom. The number of nitrogens with two attached hydrogens (primary N) is 1. The number of hydrogen-bond donors (Lipinski definition) is 3. The summed E-state index contributed by atoms with van der Waals surface area (Å²) in [5.41, 5.74) is 6.33. The van der Waals surface area contributed by atoms with Crippen molar-refractivity contribution < 1.29 is 4.79 Å². The summed E-state index contributed by atoms with van der Waals surface area (Å²) in [7, 11) is 0. The van der Waals surface area contributed by atoms with Crippen molar-refractivity contribution in [3.8, 4) is 0 Å². The predicted octanol–water partition coefficient (Wildman–Crippen LogP) is 1.53. The molecule has 17 heavy (non-hydrogen) atoms. The van der Waals surface area contributed by atoms with Crippen LogP contribution in [0.25, 0.3) is 0 Å². The van der Waals surface area contributed by atoms with Crippen molar-refractivity contribution in [2.45, 2.75) is 46.0 Å². The van der Waals surface area contributed by atoms with Crippen molar-refractivity contribution in [1.82, 2.24) is 10.6 Å². The van der Waals surface area contributed by atoms with Crippen LogP contribution in [-0.2, 0) is 4.79 Å². The molecule has 0 radical (unpaired) electrons. The summed E-state index contributed by atoms with van der Waals surface area (Å²) < 4.78 is 0. The number of unbranched alkanes of at least 4 members (excludes halogenated alkanes) is 3. The highest BCUT2D eigenvalue weighted by Gasteiger charge is 1.96. The van der Waals surface area contributed by atoms with E-state index in [1.54, 1.807) is 6.08 Å². The van der Waals surface area contributed by atoms with E-state index in [2.05, 4.69) is 17.6 Å². The van der Waals surface area contributed by atoms with E-state index in [4.69, 9.17) is 5.73 Å². The van der Waals surface area contributed by atoms with E-state index in [1.165, 1.54) is 0 Å². The summed E-state index contributed by atoms with van der Waals surface area (Å²) >= 11 is 0. The van der Waals surface area contributed by atoms with E-state index in [0.29, 0.717) is 0 Å². The van der Waals surface area contributed by atoms with Crippen LogP contribution < -0.4 is 16.4 Å². The van der Waals surface area contributed by atoms with Crippen molar-refractivity contribution in [3.63, 3.8) is 0 Å². The number of allylic oxidation sites excluding steroid dienone is 1. The molecule has 4 N–H and O–H groups in total. The Morgan fingerprint density at radius 2 is 1.82 bits per heavy atom. The first kappa shape index (κ1) is 16.0. The highest BCUT2D eigenvalue weighted by atomic mass is 16.1. The lowest BCUT2D eigenvalue weighted by atomic mass is 10.2. The molecule has 100 valence electrons. The first-order chi connectivity index (χ1) is 8.20. The van der Waals surface area contributed by atoms with Crippen LogP contribution in [-0.4, -0.2) is 25.5 Å². The molecule has 4 heteroatoms. The van der Waals surface area contributed by atoms with Gasteiger partial charge in [-0.15, -0.1) is 0 Å². The number of hydrogen-bond acceptors (Lipinski definition) is 3. The van der Waals surface area contributed by atoms with Crippen LogP contribution in [0.3, 0.4) is 0 Å². The van der Waals surface area contributed by atoms with E-state index >= 15 is 0 Å². The third kappa shape index (κ3) is 11.2. The molecule has 0 unspecified atom stereocenters. The molecule has 0 aliphatic heterocycles. The Labute approximate surface area is 105 Å². The van der Waals surface area contributed by atoms with Gasteiger partial charge in [-0.1, -0.05) is 19.8 Å². The molecule has 0 heterocycles. The van der Waals surface area contributed by atoms with Gasteiger partial charge in [0, 0.05) is 24.9 Å². The van der Waals surface area contributed by atoms with Gasteiger partial charge in [0.05, 0.1) is 0 Å². The predicted molar refractivity (Wildman–Crippen MR) is 72.6 cm³/mol. The lowest BCUT2D eigenvalue weighted by Gasteiger charge is -2.06. The molecule has 0 fully saturated rings. The van der Waals surface area contributed by atoms with E-state index in [1.807, 2.05) is 6.92 Å². The molecular weight excluding hydrogens is 214 g/mol. The van der Waals surface area contributed by atoms with E-state index in [9.17, 15) is 4.79 Å². The molecule has 0 aromatic rings. The Morgan fingerprint density at radius 1 is 1.12 bits per heavy atom. The minimum Gasteiger partial charge on any atom is -0.388 e. The molecule has 0 spiro atoms. The van der Waals surface area contributed by atoms with Gasteiger partial charge in [-0.3, -0.25) is 4.79 Å². The first-order valence-corrected chi connectivity index (χ1v) is 6.60. The van der Waals surface area contributed by atoms with Crippen LogP contribution in [0, 0.1) is 0 Å². The monoisotopic (exact) mass is 241 g/mol. The van der Waals surface area contributed by atoms with E-state index in [0.717, 1.165) is 57.4 Å². The number of carbonyl (C=O) groups is 1. The van der Waals surface area contributed by atoms with Crippen molar-refractivity contribution in [1.29, 1.82) is 0 Å². The Hall–Kier alpha value is -1.03. The van der Waals surface area contributed by atoms with E-state index in [-0.39, 0.29) is 5.91 Å². The van der Waals surface area contributed by atoms with Gasteiger partial charge < -0.3 is 16.4 Å². The second-order valence-electron chi connectivity index (χ2n) is 4.25. The van der Waals surface area contributed by atoms with Gasteiger partial charge in [0.1, 0.15) is 0 Å². The highest BCUT2D eigenvalue weighted by molar-refractivity contribution is 5.87. The van der Waals surface area contributed by atoms with Crippen LogP contribution in [0.15, 0.2) is 11.8 Å².